The van der Waals surface area contributed by atoms with Gasteiger partial charge in [-0.2, -0.15) is 9.90 Å². The van der Waals surface area contributed by atoms with E-state index in [4.69, 9.17) is 9.47 Å². The number of para-hydroxylation sites is 1. The Balaban J connectivity index is 1.58. The van der Waals surface area contributed by atoms with E-state index in [1.165, 1.54) is 11.0 Å². The second kappa shape index (κ2) is 7.11. The van der Waals surface area contributed by atoms with Crippen LogP contribution >= 0.6 is 0 Å². The van der Waals surface area contributed by atoms with Crippen LogP contribution in [-0.2, 0) is 6.42 Å². The maximum Gasteiger partial charge on any atom is 0.277 e. The second-order valence-electron chi connectivity index (χ2n) is 6.33. The van der Waals surface area contributed by atoms with Crippen molar-refractivity contribution in [2.24, 2.45) is 0 Å². The number of nitrogens with zero attached hydrogens (tertiary/aromatic N) is 3. The van der Waals surface area contributed by atoms with Crippen LogP contribution in [0.3, 0.4) is 0 Å². The van der Waals surface area contributed by atoms with Crippen molar-refractivity contribution >= 4 is 11.6 Å². The molecule has 4 rings (SSSR count). The van der Waals surface area contributed by atoms with Crippen molar-refractivity contribution < 1.29 is 14.3 Å². The van der Waals surface area contributed by atoms with Gasteiger partial charge in [-0.3, -0.25) is 4.79 Å². The average Bonchev–Trinajstić information content (AvgIpc) is 3.29. The minimum Gasteiger partial charge on any atom is -0.492 e. The van der Waals surface area contributed by atoms with Gasteiger partial charge >= 0.3 is 0 Å². The Morgan fingerprint density at radius 2 is 2.15 bits per heavy atom. The number of carbonyl (C=O) groups is 1. The Hall–Kier alpha value is -3.35. The number of ether oxygens (including phenoxy) is 2. The SMILES string of the molecule is CCOc1cc2c(cc1NC(=O)c1cnn(-c3ccccc3)n1)O[C@H](C)C2. The van der Waals surface area contributed by atoms with Crippen LogP contribution in [0.25, 0.3) is 5.69 Å². The van der Waals surface area contributed by atoms with E-state index in [0.717, 1.165) is 23.4 Å². The van der Waals surface area contributed by atoms with Crippen molar-refractivity contribution in [2.45, 2.75) is 26.4 Å². The number of amides is 1. The molecule has 1 aliphatic rings. The highest BCUT2D eigenvalue weighted by Crippen LogP contribution is 2.38. The number of anilines is 1. The first-order valence-corrected chi connectivity index (χ1v) is 8.89. The molecular formula is C20H20N4O3. The van der Waals surface area contributed by atoms with E-state index in [2.05, 4.69) is 15.5 Å². The first-order valence-electron chi connectivity index (χ1n) is 8.89. The molecular weight excluding hydrogens is 344 g/mol. The van der Waals surface area contributed by atoms with Gasteiger partial charge in [-0.15, -0.1) is 5.10 Å². The fourth-order valence-electron chi connectivity index (χ4n) is 3.05. The highest BCUT2D eigenvalue weighted by molar-refractivity contribution is 6.03. The number of hydrogen-bond donors (Lipinski definition) is 1. The largest absolute Gasteiger partial charge is 0.492 e. The molecule has 0 fully saturated rings. The number of hydrogen-bond acceptors (Lipinski definition) is 5. The Morgan fingerprint density at radius 1 is 1.33 bits per heavy atom. The zero-order chi connectivity index (χ0) is 18.8. The summed E-state index contributed by atoms with van der Waals surface area (Å²) in [4.78, 5) is 14.1. The molecule has 2 aromatic carbocycles. The van der Waals surface area contributed by atoms with Crippen LogP contribution in [-0.4, -0.2) is 33.6 Å². The Labute approximate surface area is 156 Å². The fourth-order valence-corrected chi connectivity index (χ4v) is 3.05. The lowest BCUT2D eigenvalue weighted by atomic mass is 10.1. The van der Waals surface area contributed by atoms with Gasteiger partial charge in [-0.1, -0.05) is 18.2 Å². The normalized spacial score (nSPS) is 15.1. The molecule has 0 aliphatic carbocycles. The summed E-state index contributed by atoms with van der Waals surface area (Å²) < 4.78 is 11.5. The van der Waals surface area contributed by atoms with E-state index in [9.17, 15) is 4.79 Å². The van der Waals surface area contributed by atoms with Crippen LogP contribution in [0.1, 0.15) is 29.9 Å². The van der Waals surface area contributed by atoms with Gasteiger partial charge in [0.25, 0.3) is 5.91 Å². The number of rotatable bonds is 5. The van der Waals surface area contributed by atoms with E-state index < -0.39 is 0 Å². The van der Waals surface area contributed by atoms with Crippen LogP contribution in [0.15, 0.2) is 48.7 Å². The van der Waals surface area contributed by atoms with Crippen LogP contribution in [0.2, 0.25) is 0 Å². The third kappa shape index (κ3) is 3.48. The molecule has 2 heterocycles. The molecule has 0 unspecified atom stereocenters. The number of carbonyl (C=O) groups excluding carboxylic acids is 1. The Morgan fingerprint density at radius 3 is 2.93 bits per heavy atom. The zero-order valence-corrected chi connectivity index (χ0v) is 15.2. The lowest BCUT2D eigenvalue weighted by molar-refractivity contribution is 0.102. The van der Waals surface area contributed by atoms with Gasteiger partial charge in [0.2, 0.25) is 0 Å². The molecule has 0 spiro atoms. The molecule has 138 valence electrons. The molecule has 27 heavy (non-hydrogen) atoms. The molecule has 1 aromatic heterocycles. The maximum absolute atomic E-state index is 12.7. The van der Waals surface area contributed by atoms with E-state index in [-0.39, 0.29) is 17.7 Å². The molecule has 1 aliphatic heterocycles. The van der Waals surface area contributed by atoms with Crippen molar-refractivity contribution in [2.75, 3.05) is 11.9 Å². The van der Waals surface area contributed by atoms with Crippen molar-refractivity contribution in [1.82, 2.24) is 15.0 Å². The lowest BCUT2D eigenvalue weighted by Crippen LogP contribution is -2.14. The molecule has 7 nitrogen and oxygen atoms in total. The molecule has 0 bridgehead atoms. The van der Waals surface area contributed by atoms with Crippen LogP contribution in [0, 0.1) is 0 Å². The molecule has 1 atom stereocenters. The van der Waals surface area contributed by atoms with Crippen molar-refractivity contribution in [3.05, 3.63) is 59.9 Å². The van der Waals surface area contributed by atoms with Crippen LogP contribution in [0.5, 0.6) is 11.5 Å². The van der Waals surface area contributed by atoms with Gasteiger partial charge < -0.3 is 14.8 Å². The summed E-state index contributed by atoms with van der Waals surface area (Å²) in [6.07, 6.45) is 2.38. The van der Waals surface area contributed by atoms with Gasteiger partial charge in [0.1, 0.15) is 17.6 Å². The summed E-state index contributed by atoms with van der Waals surface area (Å²) in [5.74, 6) is 1.04. The van der Waals surface area contributed by atoms with Gasteiger partial charge in [0.05, 0.1) is 24.2 Å². The summed E-state index contributed by atoms with van der Waals surface area (Å²) >= 11 is 0. The van der Waals surface area contributed by atoms with E-state index in [0.29, 0.717) is 18.0 Å². The quantitative estimate of drug-likeness (QED) is 0.752. The molecule has 1 amide bonds. The highest BCUT2D eigenvalue weighted by Gasteiger charge is 2.23. The molecule has 1 N–H and O–H groups in total. The highest BCUT2D eigenvalue weighted by atomic mass is 16.5. The number of fused-ring (bicyclic) bond motifs is 1. The lowest BCUT2D eigenvalue weighted by Gasteiger charge is -2.13. The van der Waals surface area contributed by atoms with Gasteiger partial charge in [-0.05, 0) is 32.0 Å². The average molecular weight is 364 g/mol. The monoisotopic (exact) mass is 364 g/mol. The first-order chi connectivity index (χ1) is 13.1. The molecule has 3 aromatic rings. The fraction of sp³-hybridized carbons (Fsp3) is 0.250. The van der Waals surface area contributed by atoms with Crippen LogP contribution < -0.4 is 14.8 Å². The maximum atomic E-state index is 12.7. The third-order valence-corrected chi connectivity index (χ3v) is 4.26. The zero-order valence-electron chi connectivity index (χ0n) is 15.2. The topological polar surface area (TPSA) is 78.3 Å². The standard InChI is InChI=1S/C20H20N4O3/c1-3-26-19-10-14-9-13(2)27-18(14)11-16(19)22-20(25)17-12-21-24(23-17)15-7-5-4-6-8-15/h4-8,10-13H,3,9H2,1-2H3,(H,22,25)/t13-/m1/s1. The van der Waals surface area contributed by atoms with Crippen molar-refractivity contribution in [1.29, 1.82) is 0 Å². The van der Waals surface area contributed by atoms with E-state index in [1.54, 1.807) is 0 Å². The minimum absolute atomic E-state index is 0.117. The predicted molar refractivity (Wildman–Crippen MR) is 101 cm³/mol. The summed E-state index contributed by atoms with van der Waals surface area (Å²) in [6.45, 7) is 4.42. The van der Waals surface area contributed by atoms with E-state index >= 15 is 0 Å². The van der Waals surface area contributed by atoms with Crippen molar-refractivity contribution in [3.8, 4) is 17.2 Å². The molecule has 7 heteroatoms. The Kier molecular flexibility index (Phi) is 4.50. The summed E-state index contributed by atoms with van der Waals surface area (Å²) in [5.41, 5.74) is 2.64. The summed E-state index contributed by atoms with van der Waals surface area (Å²) in [6, 6.07) is 13.2. The molecule has 0 saturated carbocycles. The van der Waals surface area contributed by atoms with Gasteiger partial charge in [-0.25, -0.2) is 0 Å². The minimum atomic E-state index is -0.357. The van der Waals surface area contributed by atoms with Gasteiger partial charge in [0, 0.05) is 18.1 Å². The second-order valence-corrected chi connectivity index (χ2v) is 6.33. The third-order valence-electron chi connectivity index (χ3n) is 4.26. The molecule has 0 saturated heterocycles. The van der Waals surface area contributed by atoms with Gasteiger partial charge in [0.15, 0.2) is 5.69 Å². The summed E-state index contributed by atoms with van der Waals surface area (Å²) in [7, 11) is 0. The van der Waals surface area contributed by atoms with Crippen molar-refractivity contribution in [3.63, 3.8) is 0 Å². The number of aromatic nitrogens is 3. The number of nitrogens with one attached hydrogen (secondary N) is 1. The summed E-state index contributed by atoms with van der Waals surface area (Å²) in [5, 5.41) is 11.3. The molecule has 0 radical (unpaired) electrons. The van der Waals surface area contributed by atoms with Crippen LogP contribution in [0.4, 0.5) is 5.69 Å². The van der Waals surface area contributed by atoms with E-state index in [1.807, 2.05) is 56.3 Å². The smallest absolute Gasteiger partial charge is 0.277 e. The predicted octanol–water partition coefficient (Wildman–Crippen LogP) is 3.24. The Bertz CT molecular complexity index is 969. The first kappa shape index (κ1) is 17.1. The number of benzene rings is 2.